The fourth-order valence-corrected chi connectivity index (χ4v) is 2.56. The van der Waals surface area contributed by atoms with Crippen LogP contribution in [-0.4, -0.2) is 28.4 Å². The molecule has 0 radical (unpaired) electrons. The van der Waals surface area contributed by atoms with Gasteiger partial charge in [-0.2, -0.15) is 0 Å². The van der Waals surface area contributed by atoms with E-state index in [1.165, 1.54) is 12.1 Å². The molecule has 1 saturated heterocycles. The predicted molar refractivity (Wildman–Crippen MR) is 67.1 cm³/mol. The van der Waals surface area contributed by atoms with Crippen molar-refractivity contribution in [3.05, 3.63) is 24.0 Å². The molecule has 3 rings (SSSR count). The Balaban J connectivity index is 1.94. The molecule has 1 unspecified atom stereocenters. The molecule has 17 heavy (non-hydrogen) atoms. The summed E-state index contributed by atoms with van der Waals surface area (Å²) in [6, 6.07) is 4.58. The highest BCUT2D eigenvalue weighted by Gasteiger charge is 2.20. The van der Waals surface area contributed by atoms with Crippen LogP contribution in [0.3, 0.4) is 0 Å². The van der Waals surface area contributed by atoms with E-state index in [4.69, 9.17) is 11.6 Å². The standard InChI is InChI=1S/C12H13ClFN3/c13-8-2-1-5-17(7-8)12-15-10-4-3-9(14)6-11(10)16-12/h3-4,6,8H,1-2,5,7H2,(H,15,16). The Labute approximate surface area is 104 Å². The maximum atomic E-state index is 13.1. The summed E-state index contributed by atoms with van der Waals surface area (Å²) in [5, 5.41) is 0.175. The number of aromatic nitrogens is 2. The number of nitrogens with zero attached hydrogens (tertiary/aromatic N) is 2. The highest BCUT2D eigenvalue weighted by molar-refractivity contribution is 6.21. The molecule has 0 amide bonds. The molecule has 0 spiro atoms. The third-order valence-corrected chi connectivity index (χ3v) is 3.45. The van der Waals surface area contributed by atoms with Crippen LogP contribution in [0.2, 0.25) is 0 Å². The van der Waals surface area contributed by atoms with Crippen molar-refractivity contribution in [3.8, 4) is 0 Å². The lowest BCUT2D eigenvalue weighted by Crippen LogP contribution is -2.36. The number of halogens is 2. The molecule has 1 aromatic carbocycles. The quantitative estimate of drug-likeness (QED) is 0.793. The molecule has 1 aliphatic heterocycles. The Morgan fingerprint density at radius 3 is 3.18 bits per heavy atom. The molecule has 1 aliphatic rings. The fourth-order valence-electron chi connectivity index (χ4n) is 2.24. The van der Waals surface area contributed by atoms with Crippen molar-refractivity contribution in [1.29, 1.82) is 0 Å². The highest BCUT2D eigenvalue weighted by atomic mass is 35.5. The summed E-state index contributed by atoms with van der Waals surface area (Å²) in [6.07, 6.45) is 2.12. The van der Waals surface area contributed by atoms with Crippen LogP contribution in [0.15, 0.2) is 18.2 Å². The third-order valence-electron chi connectivity index (χ3n) is 3.09. The van der Waals surface area contributed by atoms with Gasteiger partial charge in [0.1, 0.15) is 5.82 Å². The number of aromatic amines is 1. The first kappa shape index (κ1) is 10.8. The maximum Gasteiger partial charge on any atom is 0.203 e. The summed E-state index contributed by atoms with van der Waals surface area (Å²) in [4.78, 5) is 9.72. The van der Waals surface area contributed by atoms with Crippen LogP contribution in [0.25, 0.3) is 11.0 Å². The van der Waals surface area contributed by atoms with Crippen LogP contribution >= 0.6 is 11.6 Å². The van der Waals surface area contributed by atoms with Gasteiger partial charge < -0.3 is 9.88 Å². The van der Waals surface area contributed by atoms with E-state index in [-0.39, 0.29) is 11.2 Å². The van der Waals surface area contributed by atoms with Gasteiger partial charge in [-0.15, -0.1) is 11.6 Å². The maximum absolute atomic E-state index is 13.1. The highest BCUT2D eigenvalue weighted by Crippen LogP contribution is 2.23. The number of H-pyrrole nitrogens is 1. The zero-order valence-corrected chi connectivity index (χ0v) is 10.0. The number of hydrogen-bond acceptors (Lipinski definition) is 2. The number of rotatable bonds is 1. The normalized spacial score (nSPS) is 21.1. The Bertz CT molecular complexity index is 540. The fraction of sp³-hybridized carbons (Fsp3) is 0.417. The minimum Gasteiger partial charge on any atom is -0.341 e. The first-order chi connectivity index (χ1) is 8.22. The molecule has 5 heteroatoms. The molecular formula is C12H13ClFN3. The van der Waals surface area contributed by atoms with E-state index < -0.39 is 0 Å². The Hall–Kier alpha value is -1.29. The molecule has 2 aromatic rings. The van der Waals surface area contributed by atoms with E-state index in [1.54, 1.807) is 6.07 Å². The van der Waals surface area contributed by atoms with E-state index in [2.05, 4.69) is 14.9 Å². The SMILES string of the molecule is Fc1ccc2nc(N3CCCC(Cl)C3)[nH]c2c1. The van der Waals surface area contributed by atoms with Crippen LogP contribution < -0.4 is 4.90 Å². The number of benzene rings is 1. The van der Waals surface area contributed by atoms with E-state index in [0.29, 0.717) is 0 Å². The molecule has 1 aromatic heterocycles. The molecule has 1 N–H and O–H groups in total. The average molecular weight is 254 g/mol. The number of imidazole rings is 1. The van der Waals surface area contributed by atoms with Crippen molar-refractivity contribution in [3.63, 3.8) is 0 Å². The van der Waals surface area contributed by atoms with Crippen molar-refractivity contribution in [1.82, 2.24) is 9.97 Å². The Morgan fingerprint density at radius 2 is 2.35 bits per heavy atom. The summed E-state index contributed by atoms with van der Waals surface area (Å²) < 4.78 is 13.1. The molecule has 0 aliphatic carbocycles. The monoisotopic (exact) mass is 253 g/mol. The molecule has 1 atom stereocenters. The lowest BCUT2D eigenvalue weighted by atomic mass is 10.1. The van der Waals surface area contributed by atoms with Gasteiger partial charge in [0.25, 0.3) is 0 Å². The minimum absolute atomic E-state index is 0.175. The minimum atomic E-state index is -0.249. The van der Waals surface area contributed by atoms with Crippen molar-refractivity contribution in [2.24, 2.45) is 0 Å². The van der Waals surface area contributed by atoms with Crippen LogP contribution in [0.5, 0.6) is 0 Å². The van der Waals surface area contributed by atoms with Gasteiger partial charge in [-0.3, -0.25) is 0 Å². The first-order valence-corrected chi connectivity index (χ1v) is 6.20. The molecule has 0 saturated carbocycles. The van der Waals surface area contributed by atoms with Gasteiger partial charge >= 0.3 is 0 Å². The summed E-state index contributed by atoms with van der Waals surface area (Å²) in [7, 11) is 0. The van der Waals surface area contributed by atoms with Crippen molar-refractivity contribution in [2.45, 2.75) is 18.2 Å². The van der Waals surface area contributed by atoms with Gasteiger partial charge in [0.15, 0.2) is 0 Å². The predicted octanol–water partition coefficient (Wildman–Crippen LogP) is 2.91. The van der Waals surface area contributed by atoms with Gasteiger partial charge in [0, 0.05) is 13.1 Å². The van der Waals surface area contributed by atoms with Gasteiger partial charge in [0.05, 0.1) is 16.4 Å². The van der Waals surface area contributed by atoms with Crippen molar-refractivity contribution >= 4 is 28.6 Å². The largest absolute Gasteiger partial charge is 0.341 e. The van der Waals surface area contributed by atoms with E-state index in [9.17, 15) is 4.39 Å². The van der Waals surface area contributed by atoms with Gasteiger partial charge in [-0.25, -0.2) is 9.37 Å². The van der Waals surface area contributed by atoms with Gasteiger partial charge in [0.2, 0.25) is 5.95 Å². The summed E-state index contributed by atoms with van der Waals surface area (Å²) in [6.45, 7) is 1.75. The number of piperidine rings is 1. The molecule has 3 nitrogen and oxygen atoms in total. The second kappa shape index (κ2) is 4.18. The molecule has 90 valence electrons. The molecule has 1 fully saturated rings. The summed E-state index contributed by atoms with van der Waals surface area (Å²) >= 11 is 6.14. The number of fused-ring (bicyclic) bond motifs is 1. The Morgan fingerprint density at radius 1 is 1.47 bits per heavy atom. The van der Waals surface area contributed by atoms with Crippen LogP contribution in [-0.2, 0) is 0 Å². The van der Waals surface area contributed by atoms with Crippen LogP contribution in [0, 0.1) is 5.82 Å². The van der Waals surface area contributed by atoms with E-state index in [0.717, 1.165) is 42.9 Å². The molecular weight excluding hydrogens is 241 g/mol. The summed E-state index contributed by atoms with van der Waals surface area (Å²) in [5.41, 5.74) is 1.52. The van der Waals surface area contributed by atoms with Crippen molar-refractivity contribution < 1.29 is 4.39 Å². The van der Waals surface area contributed by atoms with E-state index >= 15 is 0 Å². The topological polar surface area (TPSA) is 31.9 Å². The van der Waals surface area contributed by atoms with Gasteiger partial charge in [-0.1, -0.05) is 0 Å². The van der Waals surface area contributed by atoms with Crippen LogP contribution in [0.1, 0.15) is 12.8 Å². The third kappa shape index (κ3) is 2.09. The Kier molecular flexibility index (Phi) is 2.67. The zero-order chi connectivity index (χ0) is 11.8. The van der Waals surface area contributed by atoms with E-state index in [1.807, 2.05) is 0 Å². The smallest absolute Gasteiger partial charge is 0.203 e. The summed E-state index contributed by atoms with van der Waals surface area (Å²) in [5.74, 6) is 0.539. The van der Waals surface area contributed by atoms with Crippen LogP contribution in [0.4, 0.5) is 10.3 Å². The molecule has 2 heterocycles. The lowest BCUT2D eigenvalue weighted by molar-refractivity contribution is 0.577. The van der Waals surface area contributed by atoms with Crippen molar-refractivity contribution in [2.75, 3.05) is 18.0 Å². The number of nitrogens with one attached hydrogen (secondary N) is 1. The molecule has 0 bridgehead atoms. The zero-order valence-electron chi connectivity index (χ0n) is 9.29. The number of anilines is 1. The second-order valence-electron chi connectivity index (χ2n) is 4.41. The van der Waals surface area contributed by atoms with Gasteiger partial charge in [-0.05, 0) is 31.0 Å². The second-order valence-corrected chi connectivity index (χ2v) is 5.02. The first-order valence-electron chi connectivity index (χ1n) is 5.77. The number of hydrogen-bond donors (Lipinski definition) is 1. The number of alkyl halides is 1. The average Bonchev–Trinajstić information content (AvgIpc) is 2.72. The lowest BCUT2D eigenvalue weighted by Gasteiger charge is -2.29.